The Bertz CT molecular complexity index is 84.6. The SMILES string of the molecule is CC(C)CC([O])C1CC1. The van der Waals surface area contributed by atoms with E-state index in [0.29, 0.717) is 11.8 Å². The van der Waals surface area contributed by atoms with Crippen molar-refractivity contribution in [3.63, 3.8) is 0 Å². The number of rotatable bonds is 3. The molecule has 9 heavy (non-hydrogen) atoms. The van der Waals surface area contributed by atoms with Gasteiger partial charge in [-0.25, -0.2) is 5.11 Å². The van der Waals surface area contributed by atoms with Gasteiger partial charge in [-0.05, 0) is 31.1 Å². The molecule has 1 radical (unpaired) electrons. The molecule has 0 heterocycles. The summed E-state index contributed by atoms with van der Waals surface area (Å²) in [6.07, 6.45) is 3.02. The van der Waals surface area contributed by atoms with Crippen LogP contribution in [0.2, 0.25) is 0 Å². The molecule has 0 aliphatic heterocycles. The highest BCUT2D eigenvalue weighted by atomic mass is 16.3. The molecular formula is C8H15O. The zero-order valence-electron chi connectivity index (χ0n) is 6.26. The molecule has 0 spiro atoms. The van der Waals surface area contributed by atoms with E-state index in [1.807, 2.05) is 0 Å². The van der Waals surface area contributed by atoms with Gasteiger partial charge in [-0.3, -0.25) is 0 Å². The van der Waals surface area contributed by atoms with Gasteiger partial charge in [-0.2, -0.15) is 0 Å². The third kappa shape index (κ3) is 2.35. The van der Waals surface area contributed by atoms with Gasteiger partial charge in [0.25, 0.3) is 0 Å². The maximum Gasteiger partial charge on any atom is 0.0960 e. The minimum Gasteiger partial charge on any atom is -0.233 e. The topological polar surface area (TPSA) is 19.9 Å². The lowest BCUT2D eigenvalue weighted by molar-refractivity contribution is 0.0519. The summed E-state index contributed by atoms with van der Waals surface area (Å²) < 4.78 is 0. The molecule has 1 saturated carbocycles. The molecule has 0 bridgehead atoms. The fourth-order valence-electron chi connectivity index (χ4n) is 1.13. The maximum atomic E-state index is 11.1. The summed E-state index contributed by atoms with van der Waals surface area (Å²) in [6.45, 7) is 4.24. The summed E-state index contributed by atoms with van der Waals surface area (Å²) in [5.74, 6) is 1.14. The van der Waals surface area contributed by atoms with Crippen molar-refractivity contribution >= 4 is 0 Å². The summed E-state index contributed by atoms with van der Waals surface area (Å²) in [7, 11) is 0. The highest BCUT2D eigenvalue weighted by molar-refractivity contribution is 4.80. The minimum atomic E-state index is -0.245. The van der Waals surface area contributed by atoms with Crippen molar-refractivity contribution < 1.29 is 5.11 Å². The molecule has 1 heteroatoms. The Labute approximate surface area is 57.1 Å². The van der Waals surface area contributed by atoms with Crippen LogP contribution in [0.25, 0.3) is 0 Å². The van der Waals surface area contributed by atoms with Crippen molar-refractivity contribution in [3.8, 4) is 0 Å². The van der Waals surface area contributed by atoms with Gasteiger partial charge >= 0.3 is 0 Å². The summed E-state index contributed by atoms with van der Waals surface area (Å²) in [4.78, 5) is 0. The fourth-order valence-corrected chi connectivity index (χ4v) is 1.13. The summed E-state index contributed by atoms with van der Waals surface area (Å²) in [5, 5.41) is 11.1. The second kappa shape index (κ2) is 2.70. The second-order valence-corrected chi connectivity index (χ2v) is 3.51. The summed E-state index contributed by atoms with van der Waals surface area (Å²) in [5.41, 5.74) is 0. The highest BCUT2D eigenvalue weighted by Crippen LogP contribution is 2.35. The molecule has 1 unspecified atom stereocenters. The van der Waals surface area contributed by atoms with E-state index in [1.165, 1.54) is 12.8 Å². The summed E-state index contributed by atoms with van der Waals surface area (Å²) >= 11 is 0. The quantitative estimate of drug-likeness (QED) is 0.554. The second-order valence-electron chi connectivity index (χ2n) is 3.51. The van der Waals surface area contributed by atoms with Gasteiger partial charge in [0.05, 0.1) is 6.10 Å². The first kappa shape index (κ1) is 7.07. The molecular weight excluding hydrogens is 112 g/mol. The Hall–Kier alpha value is -0.0400. The lowest BCUT2D eigenvalue weighted by Crippen LogP contribution is -2.10. The van der Waals surface area contributed by atoms with Crippen LogP contribution in [-0.2, 0) is 5.11 Å². The van der Waals surface area contributed by atoms with Crippen LogP contribution in [0.15, 0.2) is 0 Å². The minimum absolute atomic E-state index is 0.245. The van der Waals surface area contributed by atoms with Crippen molar-refractivity contribution in [2.45, 2.75) is 39.2 Å². The smallest absolute Gasteiger partial charge is 0.0960 e. The van der Waals surface area contributed by atoms with Crippen LogP contribution in [0.4, 0.5) is 0 Å². The van der Waals surface area contributed by atoms with Crippen LogP contribution in [-0.4, -0.2) is 6.10 Å². The predicted octanol–water partition coefficient (Wildman–Crippen LogP) is 2.24. The Morgan fingerprint density at radius 2 is 2.00 bits per heavy atom. The van der Waals surface area contributed by atoms with E-state index in [4.69, 9.17) is 0 Å². The number of hydrogen-bond donors (Lipinski definition) is 0. The van der Waals surface area contributed by atoms with Crippen LogP contribution in [0, 0.1) is 11.8 Å². The average Bonchev–Trinajstić information content (AvgIpc) is 2.40. The van der Waals surface area contributed by atoms with Crippen molar-refractivity contribution in [1.29, 1.82) is 0 Å². The van der Waals surface area contributed by atoms with E-state index >= 15 is 0 Å². The van der Waals surface area contributed by atoms with Crippen molar-refractivity contribution in [2.24, 2.45) is 11.8 Å². The monoisotopic (exact) mass is 127 g/mol. The molecule has 1 atom stereocenters. The molecule has 1 aliphatic carbocycles. The zero-order valence-corrected chi connectivity index (χ0v) is 6.26. The van der Waals surface area contributed by atoms with Crippen LogP contribution in [0.5, 0.6) is 0 Å². The van der Waals surface area contributed by atoms with Crippen molar-refractivity contribution in [2.75, 3.05) is 0 Å². The molecule has 1 aliphatic rings. The van der Waals surface area contributed by atoms with E-state index < -0.39 is 0 Å². The van der Waals surface area contributed by atoms with Gasteiger partial charge in [0.1, 0.15) is 0 Å². The fraction of sp³-hybridized carbons (Fsp3) is 1.00. The van der Waals surface area contributed by atoms with E-state index in [2.05, 4.69) is 13.8 Å². The zero-order chi connectivity index (χ0) is 6.85. The Balaban J connectivity index is 2.10. The third-order valence-electron chi connectivity index (χ3n) is 1.85. The lowest BCUT2D eigenvalue weighted by Gasteiger charge is -2.07. The molecule has 53 valence electrons. The molecule has 0 amide bonds. The largest absolute Gasteiger partial charge is 0.233 e. The van der Waals surface area contributed by atoms with E-state index in [0.717, 1.165) is 6.42 Å². The number of hydrogen-bond acceptors (Lipinski definition) is 0. The predicted molar refractivity (Wildman–Crippen MR) is 36.7 cm³/mol. The van der Waals surface area contributed by atoms with Crippen molar-refractivity contribution in [3.05, 3.63) is 0 Å². The van der Waals surface area contributed by atoms with Crippen LogP contribution in [0.1, 0.15) is 33.1 Å². The van der Waals surface area contributed by atoms with Crippen LogP contribution in [0.3, 0.4) is 0 Å². The first-order valence-electron chi connectivity index (χ1n) is 3.86. The normalized spacial score (nSPS) is 22.7. The van der Waals surface area contributed by atoms with Crippen LogP contribution >= 0.6 is 0 Å². The van der Waals surface area contributed by atoms with E-state index in [-0.39, 0.29) is 6.10 Å². The van der Waals surface area contributed by atoms with E-state index in [1.54, 1.807) is 0 Å². The van der Waals surface area contributed by atoms with Gasteiger partial charge in [-0.1, -0.05) is 13.8 Å². The molecule has 0 aromatic carbocycles. The standard InChI is InChI=1S/C8H15O/c1-6(2)5-8(9)7-3-4-7/h6-8H,3-5H2,1-2H3. The molecule has 0 aromatic heterocycles. The van der Waals surface area contributed by atoms with E-state index in [9.17, 15) is 5.11 Å². The highest BCUT2D eigenvalue weighted by Gasteiger charge is 2.30. The maximum absolute atomic E-state index is 11.1. The average molecular weight is 127 g/mol. The Morgan fingerprint density at radius 3 is 2.33 bits per heavy atom. The third-order valence-corrected chi connectivity index (χ3v) is 1.85. The summed E-state index contributed by atoms with van der Waals surface area (Å²) in [6, 6.07) is 0. The first-order chi connectivity index (χ1) is 4.20. The molecule has 0 aromatic rings. The van der Waals surface area contributed by atoms with Gasteiger partial charge in [0, 0.05) is 0 Å². The van der Waals surface area contributed by atoms with Crippen molar-refractivity contribution in [1.82, 2.24) is 0 Å². The van der Waals surface area contributed by atoms with Crippen LogP contribution < -0.4 is 0 Å². The Kier molecular flexibility index (Phi) is 2.12. The Morgan fingerprint density at radius 1 is 1.44 bits per heavy atom. The van der Waals surface area contributed by atoms with Gasteiger partial charge in [-0.15, -0.1) is 0 Å². The lowest BCUT2D eigenvalue weighted by atomic mass is 10.0. The molecule has 1 nitrogen and oxygen atoms in total. The first-order valence-corrected chi connectivity index (χ1v) is 3.86. The molecule has 1 fully saturated rings. The van der Waals surface area contributed by atoms with Gasteiger partial charge in [0.15, 0.2) is 0 Å². The molecule has 0 saturated heterocycles. The molecule has 1 rings (SSSR count). The van der Waals surface area contributed by atoms with Gasteiger partial charge in [0.2, 0.25) is 0 Å². The van der Waals surface area contributed by atoms with Gasteiger partial charge < -0.3 is 0 Å². The molecule has 0 N–H and O–H groups in total.